The van der Waals surface area contributed by atoms with E-state index in [1.165, 1.54) is 12.8 Å². The van der Waals surface area contributed by atoms with Gasteiger partial charge in [-0.15, -0.1) is 0 Å². The Hall–Kier alpha value is -2.10. The van der Waals surface area contributed by atoms with Crippen LogP contribution in [0.5, 0.6) is 0 Å². The molecule has 1 aromatic heterocycles. The van der Waals surface area contributed by atoms with Gasteiger partial charge in [-0.25, -0.2) is 9.97 Å². The van der Waals surface area contributed by atoms with Gasteiger partial charge >= 0.3 is 0 Å². The molecule has 4 heteroatoms. The number of likely N-dealkylation sites (N-methyl/N-ethyl adjacent to an activating group) is 1. The first-order chi connectivity index (χ1) is 10.1. The fourth-order valence-corrected chi connectivity index (χ4v) is 2.86. The lowest BCUT2D eigenvalue weighted by Crippen LogP contribution is -2.27. The van der Waals surface area contributed by atoms with Crippen molar-refractivity contribution in [3.8, 4) is 0 Å². The number of rotatable bonds is 4. The van der Waals surface area contributed by atoms with Gasteiger partial charge in [0, 0.05) is 26.7 Å². The Morgan fingerprint density at radius 2 is 1.81 bits per heavy atom. The number of hydrogen-bond acceptors (Lipinski definition) is 4. The van der Waals surface area contributed by atoms with Crippen molar-refractivity contribution in [2.24, 2.45) is 0 Å². The third kappa shape index (κ3) is 2.84. The highest BCUT2D eigenvalue weighted by molar-refractivity contribution is 5.81. The molecule has 0 radical (unpaired) electrons. The topological polar surface area (TPSA) is 32.3 Å². The summed E-state index contributed by atoms with van der Waals surface area (Å²) in [6.45, 7) is 8.99. The first kappa shape index (κ1) is 13.9. The minimum absolute atomic E-state index is 0.799. The highest BCUT2D eigenvalue weighted by Crippen LogP contribution is 2.30. The van der Waals surface area contributed by atoms with Gasteiger partial charge < -0.3 is 9.80 Å². The molecular weight excluding hydrogens is 260 g/mol. The first-order valence-electron chi connectivity index (χ1n) is 7.52. The predicted molar refractivity (Wildman–Crippen MR) is 89.1 cm³/mol. The Bertz CT molecular complexity index is 659. The quantitative estimate of drug-likeness (QED) is 0.806. The van der Waals surface area contributed by atoms with Gasteiger partial charge in [0.2, 0.25) is 0 Å². The van der Waals surface area contributed by atoms with E-state index >= 15 is 0 Å². The molecule has 0 bridgehead atoms. The van der Waals surface area contributed by atoms with Crippen molar-refractivity contribution in [3.05, 3.63) is 36.4 Å². The van der Waals surface area contributed by atoms with Crippen molar-refractivity contribution in [2.45, 2.75) is 19.8 Å². The van der Waals surface area contributed by atoms with Crippen molar-refractivity contribution in [1.29, 1.82) is 0 Å². The Morgan fingerprint density at radius 1 is 1.19 bits per heavy atom. The summed E-state index contributed by atoms with van der Waals surface area (Å²) in [5.41, 5.74) is 3.04. The Balaban J connectivity index is 2.09. The summed E-state index contributed by atoms with van der Waals surface area (Å²) in [6.07, 6.45) is 2.47. The van der Waals surface area contributed by atoms with Crippen molar-refractivity contribution in [2.75, 3.05) is 36.5 Å². The van der Waals surface area contributed by atoms with E-state index in [2.05, 4.69) is 23.4 Å². The van der Waals surface area contributed by atoms with E-state index in [0.717, 1.165) is 47.9 Å². The zero-order valence-electron chi connectivity index (χ0n) is 12.8. The maximum atomic E-state index is 4.88. The van der Waals surface area contributed by atoms with Crippen molar-refractivity contribution >= 4 is 22.7 Å². The van der Waals surface area contributed by atoms with E-state index in [9.17, 15) is 0 Å². The number of fused-ring (bicyclic) bond motifs is 1. The molecule has 3 rings (SSSR count). The molecule has 2 aromatic rings. The summed E-state index contributed by atoms with van der Waals surface area (Å²) >= 11 is 0. The summed E-state index contributed by atoms with van der Waals surface area (Å²) in [4.78, 5) is 14.2. The van der Waals surface area contributed by atoms with E-state index < -0.39 is 0 Å². The second-order valence-corrected chi connectivity index (χ2v) is 5.87. The van der Waals surface area contributed by atoms with Gasteiger partial charge in [0.05, 0.1) is 11.0 Å². The summed E-state index contributed by atoms with van der Waals surface area (Å²) in [5.74, 6) is 1.97. The van der Waals surface area contributed by atoms with Gasteiger partial charge in [0.15, 0.2) is 11.6 Å². The molecule has 1 aliphatic rings. The molecule has 0 spiro atoms. The van der Waals surface area contributed by atoms with Crippen LogP contribution in [0.25, 0.3) is 11.0 Å². The molecular formula is C17H22N4. The average molecular weight is 282 g/mol. The van der Waals surface area contributed by atoms with Crippen molar-refractivity contribution in [3.63, 3.8) is 0 Å². The molecule has 0 aliphatic carbocycles. The van der Waals surface area contributed by atoms with Crippen LogP contribution in [-0.4, -0.2) is 36.6 Å². The number of para-hydroxylation sites is 2. The lowest BCUT2D eigenvalue weighted by molar-refractivity contribution is 0.897. The van der Waals surface area contributed by atoms with Crippen molar-refractivity contribution in [1.82, 2.24) is 9.97 Å². The van der Waals surface area contributed by atoms with E-state index in [-0.39, 0.29) is 0 Å². The molecule has 4 nitrogen and oxygen atoms in total. The smallest absolute Gasteiger partial charge is 0.172 e. The summed E-state index contributed by atoms with van der Waals surface area (Å²) in [6, 6.07) is 8.08. The second-order valence-electron chi connectivity index (χ2n) is 5.87. The average Bonchev–Trinajstić information content (AvgIpc) is 2.99. The van der Waals surface area contributed by atoms with Gasteiger partial charge in [-0.05, 0) is 31.9 Å². The Labute approximate surface area is 126 Å². The third-order valence-electron chi connectivity index (χ3n) is 3.81. The van der Waals surface area contributed by atoms with E-state index in [0.29, 0.717) is 0 Å². The molecule has 0 saturated carbocycles. The zero-order valence-corrected chi connectivity index (χ0v) is 12.8. The van der Waals surface area contributed by atoms with Crippen LogP contribution < -0.4 is 9.80 Å². The van der Waals surface area contributed by atoms with Crippen LogP contribution in [0.1, 0.15) is 19.8 Å². The standard InChI is InChI=1S/C17H22N4/c1-13(2)12-20(3)16-17(21-10-6-7-11-21)19-15-9-5-4-8-14(15)18-16/h4-5,8-9H,1,6-7,10-12H2,2-3H3. The Morgan fingerprint density at radius 3 is 2.43 bits per heavy atom. The van der Waals surface area contributed by atoms with Crippen LogP contribution in [0.15, 0.2) is 36.4 Å². The van der Waals surface area contributed by atoms with Gasteiger partial charge in [0.25, 0.3) is 0 Å². The minimum Gasteiger partial charge on any atom is -0.354 e. The molecule has 1 aromatic carbocycles. The summed E-state index contributed by atoms with van der Waals surface area (Å²) in [5, 5.41) is 0. The van der Waals surface area contributed by atoms with Gasteiger partial charge in [-0.1, -0.05) is 24.3 Å². The summed E-state index contributed by atoms with van der Waals surface area (Å²) < 4.78 is 0. The van der Waals surface area contributed by atoms with Crippen LogP contribution >= 0.6 is 0 Å². The molecule has 2 heterocycles. The molecule has 1 fully saturated rings. The SMILES string of the molecule is C=C(C)CN(C)c1nc2ccccc2nc1N1CCCC1. The predicted octanol–water partition coefficient (Wildman–Crippen LogP) is 3.24. The second kappa shape index (κ2) is 5.72. The molecule has 1 aliphatic heterocycles. The molecule has 0 unspecified atom stereocenters. The van der Waals surface area contributed by atoms with Gasteiger partial charge in [-0.2, -0.15) is 0 Å². The van der Waals surface area contributed by atoms with Crippen LogP contribution in [-0.2, 0) is 0 Å². The normalized spacial score (nSPS) is 14.7. The highest BCUT2D eigenvalue weighted by atomic mass is 15.3. The van der Waals surface area contributed by atoms with Crippen LogP contribution in [0.4, 0.5) is 11.6 Å². The number of aromatic nitrogens is 2. The monoisotopic (exact) mass is 282 g/mol. The number of anilines is 2. The van der Waals surface area contributed by atoms with Gasteiger partial charge in [0.1, 0.15) is 0 Å². The Kier molecular flexibility index (Phi) is 3.78. The van der Waals surface area contributed by atoms with Crippen LogP contribution in [0, 0.1) is 0 Å². The fourth-order valence-electron chi connectivity index (χ4n) is 2.86. The molecule has 0 atom stereocenters. The number of benzene rings is 1. The van der Waals surface area contributed by atoms with Gasteiger partial charge in [-0.3, -0.25) is 0 Å². The lowest BCUT2D eigenvalue weighted by atomic mass is 10.3. The molecule has 0 N–H and O–H groups in total. The molecule has 110 valence electrons. The maximum Gasteiger partial charge on any atom is 0.172 e. The number of nitrogens with zero attached hydrogens (tertiary/aromatic N) is 4. The lowest BCUT2D eigenvalue weighted by Gasteiger charge is -2.26. The van der Waals surface area contributed by atoms with E-state index in [1.807, 2.05) is 31.2 Å². The van der Waals surface area contributed by atoms with E-state index in [1.54, 1.807) is 0 Å². The fraction of sp³-hybridized carbons (Fsp3) is 0.412. The largest absolute Gasteiger partial charge is 0.354 e. The maximum absolute atomic E-state index is 4.88. The minimum atomic E-state index is 0.799. The first-order valence-corrected chi connectivity index (χ1v) is 7.52. The molecule has 21 heavy (non-hydrogen) atoms. The third-order valence-corrected chi connectivity index (χ3v) is 3.81. The van der Waals surface area contributed by atoms with Crippen molar-refractivity contribution < 1.29 is 0 Å². The summed E-state index contributed by atoms with van der Waals surface area (Å²) in [7, 11) is 2.06. The highest BCUT2D eigenvalue weighted by Gasteiger charge is 2.21. The van der Waals surface area contributed by atoms with E-state index in [4.69, 9.17) is 9.97 Å². The number of hydrogen-bond donors (Lipinski definition) is 0. The molecule has 0 amide bonds. The molecule has 1 saturated heterocycles. The zero-order chi connectivity index (χ0) is 14.8. The van der Waals surface area contributed by atoms with Crippen LogP contribution in [0.3, 0.4) is 0 Å². The van der Waals surface area contributed by atoms with Crippen LogP contribution in [0.2, 0.25) is 0 Å².